The first-order chi connectivity index (χ1) is 15.3. The zero-order valence-electron chi connectivity index (χ0n) is 16.9. The van der Waals surface area contributed by atoms with Gasteiger partial charge in [-0.05, 0) is 34.9 Å². The summed E-state index contributed by atoms with van der Waals surface area (Å²) in [7, 11) is 0. The van der Waals surface area contributed by atoms with Crippen molar-refractivity contribution >= 4 is 22.8 Å². The Bertz CT molecular complexity index is 1230. The largest absolute Gasteiger partial charge is 0.416 e. The number of nitrogens with one attached hydrogen (secondary N) is 1. The molecule has 0 fully saturated rings. The Hall–Kier alpha value is -3.88. The second-order valence-electron chi connectivity index (χ2n) is 7.41. The monoisotopic (exact) mass is 439 g/mol. The van der Waals surface area contributed by atoms with Crippen molar-refractivity contribution in [2.75, 3.05) is 5.32 Å². The molecule has 0 radical (unpaired) electrons. The van der Waals surface area contributed by atoms with Gasteiger partial charge >= 0.3 is 6.18 Å². The molecule has 0 bridgehead atoms. The normalized spacial score (nSPS) is 11.6. The van der Waals surface area contributed by atoms with Crippen molar-refractivity contribution < 1.29 is 18.0 Å². The van der Waals surface area contributed by atoms with E-state index in [0.717, 1.165) is 34.2 Å². The number of carbonyl (C=O) groups is 1. The van der Waals surface area contributed by atoms with Gasteiger partial charge in [-0.3, -0.25) is 4.79 Å². The van der Waals surface area contributed by atoms with Crippen molar-refractivity contribution in [2.45, 2.75) is 25.7 Å². The highest BCUT2D eigenvalue weighted by molar-refractivity contribution is 5.87. The lowest BCUT2D eigenvalue weighted by molar-refractivity contribution is -0.137. The number of benzene rings is 2. The second-order valence-corrected chi connectivity index (χ2v) is 7.41. The number of halogens is 3. The molecule has 9 heteroatoms. The number of rotatable bonds is 7. The lowest BCUT2D eigenvalue weighted by Crippen LogP contribution is -2.13. The van der Waals surface area contributed by atoms with E-state index >= 15 is 0 Å². The van der Waals surface area contributed by atoms with Crippen LogP contribution < -0.4 is 11.1 Å². The Labute approximate surface area is 181 Å². The van der Waals surface area contributed by atoms with Crippen LogP contribution in [-0.2, 0) is 30.5 Å². The summed E-state index contributed by atoms with van der Waals surface area (Å²) in [6.45, 7) is 0.909. The first-order valence-corrected chi connectivity index (χ1v) is 9.85. The molecule has 3 N–H and O–H groups in total. The fourth-order valence-electron chi connectivity index (χ4n) is 3.43. The molecule has 4 aromatic rings. The molecule has 32 heavy (non-hydrogen) atoms. The summed E-state index contributed by atoms with van der Waals surface area (Å²) in [6.07, 6.45) is -0.869. The molecule has 0 spiro atoms. The maximum atomic E-state index is 12.8. The Balaban J connectivity index is 1.47. The third kappa shape index (κ3) is 4.88. The van der Waals surface area contributed by atoms with Gasteiger partial charge in [0.2, 0.25) is 5.91 Å². The topological polar surface area (TPSA) is 85.8 Å². The number of amides is 1. The molecule has 0 aliphatic heterocycles. The summed E-state index contributed by atoms with van der Waals surface area (Å²) < 4.78 is 40.2. The highest BCUT2D eigenvalue weighted by atomic mass is 19.4. The molecule has 0 aliphatic rings. The van der Waals surface area contributed by atoms with Gasteiger partial charge in [-0.25, -0.2) is 9.97 Å². The smallest absolute Gasteiger partial charge is 0.369 e. The van der Waals surface area contributed by atoms with Crippen LogP contribution in [0, 0.1) is 0 Å². The van der Waals surface area contributed by atoms with Crippen molar-refractivity contribution in [3.8, 4) is 0 Å². The van der Waals surface area contributed by atoms with Crippen molar-refractivity contribution in [3.05, 3.63) is 89.4 Å². The zero-order valence-corrected chi connectivity index (χ0v) is 16.9. The van der Waals surface area contributed by atoms with Gasteiger partial charge < -0.3 is 15.6 Å². The van der Waals surface area contributed by atoms with Crippen LogP contribution in [-0.4, -0.2) is 20.4 Å². The first kappa shape index (κ1) is 21.4. The second kappa shape index (κ2) is 8.70. The SMILES string of the molecule is NC(=O)Cc1ccc(CNc2ncnc3c2ccn3Cc2ccc(C(F)(F)F)cc2)cc1. The van der Waals surface area contributed by atoms with Crippen molar-refractivity contribution in [3.63, 3.8) is 0 Å². The van der Waals surface area contributed by atoms with E-state index in [4.69, 9.17) is 5.73 Å². The van der Waals surface area contributed by atoms with Gasteiger partial charge in [-0.1, -0.05) is 36.4 Å². The van der Waals surface area contributed by atoms with E-state index < -0.39 is 11.7 Å². The number of alkyl halides is 3. The molecule has 0 saturated carbocycles. The van der Waals surface area contributed by atoms with Gasteiger partial charge in [0.05, 0.1) is 17.4 Å². The number of aromatic nitrogens is 3. The number of anilines is 1. The van der Waals surface area contributed by atoms with Gasteiger partial charge in [-0.2, -0.15) is 13.2 Å². The van der Waals surface area contributed by atoms with Crippen LogP contribution in [0.5, 0.6) is 0 Å². The molecular formula is C23H20F3N5O. The number of nitrogens with two attached hydrogens (primary N) is 1. The maximum Gasteiger partial charge on any atom is 0.416 e. The van der Waals surface area contributed by atoms with Crippen molar-refractivity contribution in [2.24, 2.45) is 5.73 Å². The lowest BCUT2D eigenvalue weighted by Gasteiger charge is -2.10. The van der Waals surface area contributed by atoms with Crippen molar-refractivity contribution in [1.82, 2.24) is 14.5 Å². The fraction of sp³-hybridized carbons (Fsp3) is 0.174. The highest BCUT2D eigenvalue weighted by Crippen LogP contribution is 2.29. The Kier molecular flexibility index (Phi) is 5.81. The van der Waals surface area contributed by atoms with Crippen LogP contribution in [0.1, 0.15) is 22.3 Å². The number of carbonyl (C=O) groups excluding carboxylic acids is 1. The lowest BCUT2D eigenvalue weighted by atomic mass is 10.1. The van der Waals surface area contributed by atoms with Crippen LogP contribution in [0.2, 0.25) is 0 Å². The molecule has 0 atom stereocenters. The average Bonchev–Trinajstić information content (AvgIpc) is 3.16. The molecule has 0 unspecified atom stereocenters. The highest BCUT2D eigenvalue weighted by Gasteiger charge is 2.29. The maximum absolute atomic E-state index is 12.8. The third-order valence-corrected chi connectivity index (χ3v) is 5.05. The average molecular weight is 439 g/mol. The molecule has 6 nitrogen and oxygen atoms in total. The quantitative estimate of drug-likeness (QED) is 0.453. The summed E-state index contributed by atoms with van der Waals surface area (Å²) in [5.41, 5.74) is 7.82. The standard InChI is InChI=1S/C23H20F3N5O/c24-23(25,26)18-7-5-17(6-8-18)13-31-10-9-19-21(29-14-30-22(19)31)28-12-16-3-1-15(2-4-16)11-20(27)32/h1-10,14H,11-13H2,(H2,27,32)(H,28,29,30). The minimum absolute atomic E-state index is 0.201. The molecule has 2 heterocycles. The Morgan fingerprint density at radius 1 is 0.938 bits per heavy atom. The minimum Gasteiger partial charge on any atom is -0.369 e. The zero-order chi connectivity index (χ0) is 22.7. The van der Waals surface area contributed by atoms with Crippen LogP contribution >= 0.6 is 0 Å². The van der Waals surface area contributed by atoms with Gasteiger partial charge in [0.25, 0.3) is 0 Å². The Morgan fingerprint density at radius 3 is 2.25 bits per heavy atom. The van der Waals surface area contributed by atoms with E-state index in [-0.39, 0.29) is 12.3 Å². The number of fused-ring (bicyclic) bond motifs is 1. The van der Waals surface area contributed by atoms with Gasteiger partial charge in [0.15, 0.2) is 0 Å². The molecule has 0 aliphatic carbocycles. The minimum atomic E-state index is -4.35. The van der Waals surface area contributed by atoms with Crippen LogP contribution in [0.3, 0.4) is 0 Å². The predicted octanol–water partition coefficient (Wildman–Crippen LogP) is 4.14. The molecule has 1 amide bonds. The number of nitrogens with zero attached hydrogens (tertiary/aromatic N) is 3. The van der Waals surface area contributed by atoms with Crippen LogP contribution in [0.15, 0.2) is 67.1 Å². The van der Waals surface area contributed by atoms with E-state index in [9.17, 15) is 18.0 Å². The molecule has 0 saturated heterocycles. The van der Waals surface area contributed by atoms with E-state index in [1.165, 1.54) is 18.5 Å². The fourth-order valence-corrected chi connectivity index (χ4v) is 3.43. The van der Waals surface area contributed by atoms with Crippen LogP contribution in [0.25, 0.3) is 11.0 Å². The van der Waals surface area contributed by atoms with E-state index in [2.05, 4.69) is 15.3 Å². The number of hydrogen-bond donors (Lipinski definition) is 2. The van der Waals surface area contributed by atoms with Crippen LogP contribution in [0.4, 0.5) is 19.0 Å². The summed E-state index contributed by atoms with van der Waals surface area (Å²) in [4.78, 5) is 19.7. The molecule has 164 valence electrons. The third-order valence-electron chi connectivity index (χ3n) is 5.05. The van der Waals surface area contributed by atoms with Gasteiger partial charge in [-0.15, -0.1) is 0 Å². The van der Waals surface area contributed by atoms with E-state index in [1.807, 2.05) is 41.1 Å². The summed E-state index contributed by atoms with van der Waals surface area (Å²) in [5.74, 6) is 0.280. The van der Waals surface area contributed by atoms with Gasteiger partial charge in [0.1, 0.15) is 17.8 Å². The van der Waals surface area contributed by atoms with E-state index in [1.54, 1.807) is 0 Å². The summed E-state index contributed by atoms with van der Waals surface area (Å²) in [6, 6.07) is 14.5. The molecule has 4 rings (SSSR count). The van der Waals surface area contributed by atoms with Crippen molar-refractivity contribution in [1.29, 1.82) is 0 Å². The summed E-state index contributed by atoms with van der Waals surface area (Å²) >= 11 is 0. The predicted molar refractivity (Wildman–Crippen MR) is 115 cm³/mol. The van der Waals surface area contributed by atoms with Gasteiger partial charge in [0, 0.05) is 19.3 Å². The summed E-state index contributed by atoms with van der Waals surface area (Å²) in [5, 5.41) is 4.09. The number of primary amides is 1. The van der Waals surface area contributed by atoms with E-state index in [0.29, 0.717) is 24.6 Å². The molecule has 2 aromatic heterocycles. The molecular weight excluding hydrogens is 419 g/mol. The first-order valence-electron chi connectivity index (χ1n) is 9.85. The number of hydrogen-bond acceptors (Lipinski definition) is 4. The molecule has 2 aromatic carbocycles. The Morgan fingerprint density at radius 2 is 1.59 bits per heavy atom.